The maximum absolute atomic E-state index is 11.1. The highest BCUT2D eigenvalue weighted by Gasteiger charge is 2.09. The number of carbonyl (C=O) groups excluding carboxylic acids is 1. The molecule has 3 N–H and O–H groups in total. The molecular formula is C8H14ClN3OS. The van der Waals surface area contributed by atoms with Crippen LogP contribution < -0.4 is 11.1 Å². The Kier molecular flexibility index (Phi) is 5.68. The lowest BCUT2D eigenvalue weighted by Crippen LogP contribution is -2.32. The molecule has 4 nitrogen and oxygen atoms in total. The van der Waals surface area contributed by atoms with Crippen molar-refractivity contribution >= 4 is 34.8 Å². The summed E-state index contributed by atoms with van der Waals surface area (Å²) in [6.45, 7) is 3.66. The molecule has 0 spiro atoms. The standard InChI is InChI=1S/C8H13N3OS.ClH/c1-3-6-4-13-8(10-6)11-7(12)5(2)9;/h4-5H,3,9H2,1-2H3,(H,10,11,12);1H. The van der Waals surface area contributed by atoms with Gasteiger partial charge in [0, 0.05) is 5.38 Å². The number of amides is 1. The van der Waals surface area contributed by atoms with Gasteiger partial charge in [-0.2, -0.15) is 0 Å². The minimum absolute atomic E-state index is 0. The Balaban J connectivity index is 0.00000169. The Labute approximate surface area is 93.3 Å². The van der Waals surface area contributed by atoms with Gasteiger partial charge in [-0.05, 0) is 13.3 Å². The van der Waals surface area contributed by atoms with Crippen LogP contribution in [0.25, 0.3) is 0 Å². The van der Waals surface area contributed by atoms with Gasteiger partial charge >= 0.3 is 0 Å². The van der Waals surface area contributed by atoms with Crippen LogP contribution in [-0.4, -0.2) is 16.9 Å². The zero-order valence-electron chi connectivity index (χ0n) is 8.11. The third kappa shape index (κ3) is 3.61. The number of anilines is 1. The first-order valence-electron chi connectivity index (χ1n) is 4.14. The van der Waals surface area contributed by atoms with Crippen molar-refractivity contribution in [1.82, 2.24) is 4.98 Å². The summed E-state index contributed by atoms with van der Waals surface area (Å²) < 4.78 is 0. The largest absolute Gasteiger partial charge is 0.320 e. The van der Waals surface area contributed by atoms with E-state index >= 15 is 0 Å². The zero-order valence-corrected chi connectivity index (χ0v) is 9.74. The van der Waals surface area contributed by atoms with E-state index in [-0.39, 0.29) is 18.3 Å². The predicted octanol–water partition coefficient (Wildman–Crippen LogP) is 1.41. The minimum Gasteiger partial charge on any atom is -0.320 e. The molecule has 0 aliphatic rings. The number of hydrogen-bond donors (Lipinski definition) is 2. The van der Waals surface area contributed by atoms with E-state index in [4.69, 9.17) is 5.73 Å². The van der Waals surface area contributed by atoms with Gasteiger partial charge in [0.15, 0.2) is 5.13 Å². The van der Waals surface area contributed by atoms with Crippen molar-refractivity contribution in [3.05, 3.63) is 11.1 Å². The van der Waals surface area contributed by atoms with Crippen molar-refractivity contribution in [3.63, 3.8) is 0 Å². The van der Waals surface area contributed by atoms with Gasteiger partial charge in [-0.3, -0.25) is 4.79 Å². The van der Waals surface area contributed by atoms with Gasteiger partial charge in [0.2, 0.25) is 5.91 Å². The van der Waals surface area contributed by atoms with E-state index in [9.17, 15) is 4.79 Å². The van der Waals surface area contributed by atoms with Crippen LogP contribution in [0.2, 0.25) is 0 Å². The summed E-state index contributed by atoms with van der Waals surface area (Å²) in [6, 6.07) is -0.492. The van der Waals surface area contributed by atoms with Crippen molar-refractivity contribution in [2.75, 3.05) is 5.32 Å². The maximum atomic E-state index is 11.1. The first-order valence-corrected chi connectivity index (χ1v) is 5.02. The SMILES string of the molecule is CCc1csc(NC(=O)C(C)N)n1.Cl. The molecule has 1 atom stereocenters. The number of thiazole rings is 1. The third-order valence-electron chi connectivity index (χ3n) is 1.56. The number of halogens is 1. The Hall–Kier alpha value is -0.650. The van der Waals surface area contributed by atoms with Crippen LogP contribution in [0.5, 0.6) is 0 Å². The number of aromatic nitrogens is 1. The van der Waals surface area contributed by atoms with Crippen LogP contribution in [-0.2, 0) is 11.2 Å². The van der Waals surface area contributed by atoms with E-state index in [0.717, 1.165) is 12.1 Å². The van der Waals surface area contributed by atoms with Gasteiger partial charge < -0.3 is 11.1 Å². The van der Waals surface area contributed by atoms with E-state index in [1.54, 1.807) is 6.92 Å². The Morgan fingerprint density at radius 3 is 2.86 bits per heavy atom. The summed E-state index contributed by atoms with van der Waals surface area (Å²) in [5, 5.41) is 5.19. The van der Waals surface area contributed by atoms with Crippen LogP contribution in [0, 0.1) is 0 Å². The summed E-state index contributed by atoms with van der Waals surface area (Å²) >= 11 is 1.42. The fraction of sp³-hybridized carbons (Fsp3) is 0.500. The second kappa shape index (κ2) is 5.95. The fourth-order valence-corrected chi connectivity index (χ4v) is 1.54. The highest BCUT2D eigenvalue weighted by molar-refractivity contribution is 7.13. The van der Waals surface area contributed by atoms with Gasteiger partial charge in [0.1, 0.15) is 0 Å². The van der Waals surface area contributed by atoms with Crippen LogP contribution in [0.15, 0.2) is 5.38 Å². The number of aryl methyl sites for hydroxylation is 1. The van der Waals surface area contributed by atoms with E-state index in [1.165, 1.54) is 11.3 Å². The molecule has 1 amide bonds. The van der Waals surface area contributed by atoms with Crippen LogP contribution in [0.4, 0.5) is 5.13 Å². The highest BCUT2D eigenvalue weighted by atomic mass is 35.5. The zero-order chi connectivity index (χ0) is 9.84. The lowest BCUT2D eigenvalue weighted by molar-refractivity contribution is -0.117. The molecule has 0 saturated carbocycles. The normalized spacial score (nSPS) is 11.6. The number of rotatable bonds is 3. The summed E-state index contributed by atoms with van der Waals surface area (Å²) in [7, 11) is 0. The lowest BCUT2D eigenvalue weighted by atomic mass is 10.3. The number of nitrogens with two attached hydrogens (primary N) is 1. The molecular weight excluding hydrogens is 222 g/mol. The van der Waals surface area contributed by atoms with Gasteiger partial charge in [-0.25, -0.2) is 4.98 Å². The van der Waals surface area contributed by atoms with Crippen LogP contribution >= 0.6 is 23.7 Å². The molecule has 0 fully saturated rings. The Morgan fingerprint density at radius 1 is 1.79 bits per heavy atom. The molecule has 0 radical (unpaired) electrons. The van der Waals surface area contributed by atoms with Crippen molar-refractivity contribution in [1.29, 1.82) is 0 Å². The quantitative estimate of drug-likeness (QED) is 0.833. The van der Waals surface area contributed by atoms with Gasteiger partial charge in [-0.15, -0.1) is 23.7 Å². The Bertz CT molecular complexity index is 301. The van der Waals surface area contributed by atoms with Crippen molar-refractivity contribution in [2.24, 2.45) is 5.73 Å². The van der Waals surface area contributed by atoms with E-state index in [1.807, 2.05) is 12.3 Å². The average molecular weight is 236 g/mol. The molecule has 0 aliphatic heterocycles. The maximum Gasteiger partial charge on any atom is 0.242 e. The van der Waals surface area contributed by atoms with E-state index in [0.29, 0.717) is 5.13 Å². The second-order valence-corrected chi connectivity index (χ2v) is 3.63. The smallest absolute Gasteiger partial charge is 0.242 e. The molecule has 1 aromatic heterocycles. The summed E-state index contributed by atoms with van der Waals surface area (Å²) in [5.74, 6) is -0.197. The van der Waals surface area contributed by atoms with E-state index < -0.39 is 6.04 Å². The monoisotopic (exact) mass is 235 g/mol. The van der Waals surface area contributed by atoms with E-state index in [2.05, 4.69) is 10.3 Å². The molecule has 1 aromatic rings. The second-order valence-electron chi connectivity index (χ2n) is 2.78. The highest BCUT2D eigenvalue weighted by Crippen LogP contribution is 2.15. The topological polar surface area (TPSA) is 68.0 Å². The number of hydrogen-bond acceptors (Lipinski definition) is 4. The van der Waals surface area contributed by atoms with Crippen molar-refractivity contribution in [2.45, 2.75) is 26.3 Å². The number of nitrogens with one attached hydrogen (secondary N) is 1. The molecule has 14 heavy (non-hydrogen) atoms. The van der Waals surface area contributed by atoms with Gasteiger partial charge in [-0.1, -0.05) is 6.92 Å². The third-order valence-corrected chi connectivity index (χ3v) is 2.36. The predicted molar refractivity (Wildman–Crippen MR) is 61.0 cm³/mol. The minimum atomic E-state index is -0.492. The Morgan fingerprint density at radius 2 is 2.43 bits per heavy atom. The molecule has 1 rings (SSSR count). The van der Waals surface area contributed by atoms with Crippen molar-refractivity contribution < 1.29 is 4.79 Å². The molecule has 1 unspecified atom stereocenters. The molecule has 0 saturated heterocycles. The molecule has 0 aromatic carbocycles. The first-order chi connectivity index (χ1) is 6.13. The summed E-state index contributed by atoms with van der Waals surface area (Å²) in [4.78, 5) is 15.3. The van der Waals surface area contributed by atoms with Crippen molar-refractivity contribution in [3.8, 4) is 0 Å². The number of carbonyl (C=O) groups is 1. The first kappa shape index (κ1) is 13.4. The summed E-state index contributed by atoms with van der Waals surface area (Å²) in [5.41, 5.74) is 6.38. The average Bonchev–Trinajstić information content (AvgIpc) is 2.52. The molecule has 80 valence electrons. The van der Waals surface area contributed by atoms with Gasteiger partial charge in [0.05, 0.1) is 11.7 Å². The lowest BCUT2D eigenvalue weighted by Gasteiger charge is -2.03. The molecule has 6 heteroatoms. The summed E-state index contributed by atoms with van der Waals surface area (Å²) in [6.07, 6.45) is 0.880. The van der Waals surface area contributed by atoms with Crippen LogP contribution in [0.3, 0.4) is 0 Å². The number of nitrogens with zero attached hydrogens (tertiary/aromatic N) is 1. The molecule has 0 bridgehead atoms. The molecule has 0 aliphatic carbocycles. The van der Waals surface area contributed by atoms with Crippen LogP contribution in [0.1, 0.15) is 19.5 Å². The van der Waals surface area contributed by atoms with Gasteiger partial charge in [0.25, 0.3) is 0 Å². The fourth-order valence-electron chi connectivity index (χ4n) is 0.746. The molecule has 1 heterocycles.